The van der Waals surface area contributed by atoms with Crippen molar-refractivity contribution in [2.24, 2.45) is 0 Å². The third-order valence-corrected chi connectivity index (χ3v) is 2.42. The molecule has 2 heterocycles. The first-order chi connectivity index (χ1) is 9.75. The number of carbonyl (C=O) groups is 1. The summed E-state index contributed by atoms with van der Waals surface area (Å²) < 4.78 is 36.8. The van der Waals surface area contributed by atoms with Gasteiger partial charge < -0.3 is 10.3 Å². The van der Waals surface area contributed by atoms with Gasteiger partial charge in [0.15, 0.2) is 5.43 Å². The number of halogens is 3. The Balaban J connectivity index is 2.04. The number of hydrogen-bond acceptors (Lipinski definition) is 4. The van der Waals surface area contributed by atoms with Crippen LogP contribution in [-0.4, -0.2) is 26.1 Å². The lowest BCUT2D eigenvalue weighted by Gasteiger charge is -2.04. The molecule has 0 saturated carbocycles. The number of hydrogen-bond donors (Lipinski definition) is 3. The number of rotatable bonds is 3. The lowest BCUT2D eigenvalue weighted by molar-refractivity contribution is -0.144. The second-order valence-corrected chi connectivity index (χ2v) is 4.20. The summed E-state index contributed by atoms with van der Waals surface area (Å²) in [7, 11) is 0. The normalized spacial score (nSPS) is 11.4. The number of aryl methyl sites for hydroxylation is 1. The van der Waals surface area contributed by atoms with Crippen LogP contribution in [-0.2, 0) is 12.7 Å². The van der Waals surface area contributed by atoms with Gasteiger partial charge in [0.05, 0.1) is 6.54 Å². The molecule has 0 fully saturated rings. The number of alkyl halides is 3. The minimum absolute atomic E-state index is 0.00978. The van der Waals surface area contributed by atoms with Crippen molar-refractivity contribution >= 4 is 5.91 Å². The second-order valence-electron chi connectivity index (χ2n) is 4.20. The molecule has 21 heavy (non-hydrogen) atoms. The summed E-state index contributed by atoms with van der Waals surface area (Å²) in [6.07, 6.45) is -4.65. The van der Waals surface area contributed by atoms with Gasteiger partial charge in [-0.2, -0.15) is 13.2 Å². The zero-order chi connectivity index (χ0) is 15.6. The summed E-state index contributed by atoms with van der Waals surface area (Å²) in [5, 5.41) is 7.39. The molecular weight excluding hydrogens is 291 g/mol. The van der Waals surface area contributed by atoms with Crippen LogP contribution in [0.25, 0.3) is 0 Å². The maximum atomic E-state index is 12.3. The Hall–Kier alpha value is -2.65. The van der Waals surface area contributed by atoms with E-state index < -0.39 is 17.9 Å². The fraction of sp³-hybridized carbons (Fsp3) is 0.273. The molecule has 0 bridgehead atoms. The van der Waals surface area contributed by atoms with Gasteiger partial charge in [-0.05, 0) is 6.92 Å². The smallest absolute Gasteiger partial charge is 0.354 e. The van der Waals surface area contributed by atoms with E-state index >= 15 is 0 Å². The quantitative estimate of drug-likeness (QED) is 0.778. The van der Waals surface area contributed by atoms with E-state index in [0.29, 0.717) is 5.69 Å². The van der Waals surface area contributed by atoms with Gasteiger partial charge in [-0.25, -0.2) is 4.98 Å². The van der Waals surface area contributed by atoms with Crippen molar-refractivity contribution in [3.8, 4) is 0 Å². The average Bonchev–Trinajstić information content (AvgIpc) is 2.83. The van der Waals surface area contributed by atoms with Gasteiger partial charge in [-0.3, -0.25) is 14.7 Å². The standard InChI is InChI=1S/C11H10F3N5O2/c1-5-2-6(20)3-7(16-5)9(21)15-4-8-17-10(19-18-8)11(12,13)14/h2-3H,4H2,1H3,(H,15,21)(H,16,20)(H,17,18,19). The molecule has 2 aromatic rings. The van der Waals surface area contributed by atoms with Gasteiger partial charge in [-0.15, -0.1) is 5.10 Å². The van der Waals surface area contributed by atoms with E-state index in [9.17, 15) is 22.8 Å². The van der Waals surface area contributed by atoms with E-state index in [-0.39, 0.29) is 23.5 Å². The van der Waals surface area contributed by atoms with Crippen molar-refractivity contribution in [3.05, 3.63) is 45.4 Å². The topological polar surface area (TPSA) is 104 Å². The second kappa shape index (κ2) is 5.38. The first-order valence-corrected chi connectivity index (χ1v) is 5.73. The van der Waals surface area contributed by atoms with E-state index in [2.05, 4.69) is 25.5 Å². The molecule has 0 radical (unpaired) electrons. The molecule has 0 aliphatic carbocycles. The molecule has 3 N–H and O–H groups in total. The van der Waals surface area contributed by atoms with Crippen molar-refractivity contribution in [2.75, 3.05) is 0 Å². The number of H-pyrrole nitrogens is 2. The lowest BCUT2D eigenvalue weighted by Crippen LogP contribution is -2.26. The van der Waals surface area contributed by atoms with Crippen LogP contribution in [0.4, 0.5) is 13.2 Å². The van der Waals surface area contributed by atoms with E-state index in [1.807, 2.05) is 0 Å². The van der Waals surface area contributed by atoms with Crippen molar-refractivity contribution in [3.63, 3.8) is 0 Å². The van der Waals surface area contributed by atoms with Crippen LogP contribution in [0.15, 0.2) is 16.9 Å². The van der Waals surface area contributed by atoms with Crippen molar-refractivity contribution in [2.45, 2.75) is 19.6 Å². The largest absolute Gasteiger partial charge is 0.453 e. The van der Waals surface area contributed by atoms with Gasteiger partial charge in [0.25, 0.3) is 11.7 Å². The van der Waals surface area contributed by atoms with E-state index in [0.717, 1.165) is 6.07 Å². The fourth-order valence-corrected chi connectivity index (χ4v) is 1.56. The fourth-order valence-electron chi connectivity index (χ4n) is 1.56. The lowest BCUT2D eigenvalue weighted by atomic mass is 10.3. The molecule has 0 aliphatic heterocycles. The van der Waals surface area contributed by atoms with Crippen LogP contribution in [0.1, 0.15) is 27.8 Å². The minimum atomic E-state index is -4.65. The number of amides is 1. The van der Waals surface area contributed by atoms with E-state index in [4.69, 9.17) is 0 Å². The molecule has 1 amide bonds. The van der Waals surface area contributed by atoms with Crippen LogP contribution in [0.3, 0.4) is 0 Å². The Bertz CT molecular complexity index is 719. The predicted octanol–water partition coefficient (Wildman–Crippen LogP) is 0.750. The number of aromatic nitrogens is 4. The molecule has 10 heteroatoms. The molecule has 0 spiro atoms. The highest BCUT2D eigenvalue weighted by Crippen LogP contribution is 2.25. The molecular formula is C11H10F3N5O2. The molecule has 0 saturated heterocycles. The summed E-state index contributed by atoms with van der Waals surface area (Å²) in [5.41, 5.74) is 0.151. The number of nitrogens with zero attached hydrogens (tertiary/aromatic N) is 2. The Kier molecular flexibility index (Phi) is 3.78. The Morgan fingerprint density at radius 2 is 2.10 bits per heavy atom. The molecule has 7 nitrogen and oxygen atoms in total. The van der Waals surface area contributed by atoms with Gasteiger partial charge in [0, 0.05) is 17.8 Å². The van der Waals surface area contributed by atoms with Crippen molar-refractivity contribution < 1.29 is 18.0 Å². The maximum Gasteiger partial charge on any atom is 0.453 e. The molecule has 0 aromatic carbocycles. The SMILES string of the molecule is Cc1cc(=O)cc(C(=O)NCc2nc(C(F)(F)F)n[nH]2)[nH]1. The zero-order valence-corrected chi connectivity index (χ0v) is 10.7. The average molecular weight is 301 g/mol. The van der Waals surface area contributed by atoms with Crippen LogP contribution in [0.2, 0.25) is 0 Å². The zero-order valence-electron chi connectivity index (χ0n) is 10.7. The Morgan fingerprint density at radius 3 is 2.67 bits per heavy atom. The number of aromatic amines is 2. The molecule has 0 atom stereocenters. The highest BCUT2D eigenvalue weighted by molar-refractivity contribution is 5.92. The van der Waals surface area contributed by atoms with Crippen LogP contribution in [0, 0.1) is 6.92 Å². The number of pyridine rings is 1. The van der Waals surface area contributed by atoms with E-state index in [1.54, 1.807) is 6.92 Å². The summed E-state index contributed by atoms with van der Waals surface area (Å²) >= 11 is 0. The van der Waals surface area contributed by atoms with Crippen LogP contribution < -0.4 is 10.7 Å². The molecule has 2 aromatic heterocycles. The highest BCUT2D eigenvalue weighted by atomic mass is 19.4. The van der Waals surface area contributed by atoms with Gasteiger partial charge >= 0.3 is 6.18 Å². The van der Waals surface area contributed by atoms with E-state index in [1.165, 1.54) is 6.07 Å². The monoisotopic (exact) mass is 301 g/mol. The minimum Gasteiger partial charge on any atom is -0.354 e. The summed E-state index contributed by atoms with van der Waals surface area (Å²) in [4.78, 5) is 28.9. The summed E-state index contributed by atoms with van der Waals surface area (Å²) in [6.45, 7) is 1.32. The predicted molar refractivity (Wildman–Crippen MR) is 64.4 cm³/mol. The van der Waals surface area contributed by atoms with Gasteiger partial charge in [0.1, 0.15) is 11.5 Å². The third-order valence-electron chi connectivity index (χ3n) is 2.42. The van der Waals surface area contributed by atoms with Gasteiger partial charge in [0.2, 0.25) is 0 Å². The molecule has 112 valence electrons. The Morgan fingerprint density at radius 1 is 1.38 bits per heavy atom. The first-order valence-electron chi connectivity index (χ1n) is 5.73. The number of carbonyl (C=O) groups excluding carboxylic acids is 1. The van der Waals surface area contributed by atoms with Crippen molar-refractivity contribution in [1.82, 2.24) is 25.5 Å². The molecule has 0 aliphatic rings. The van der Waals surface area contributed by atoms with Crippen LogP contribution >= 0.6 is 0 Å². The summed E-state index contributed by atoms with van der Waals surface area (Å²) in [6, 6.07) is 2.40. The highest BCUT2D eigenvalue weighted by Gasteiger charge is 2.35. The third kappa shape index (κ3) is 3.68. The van der Waals surface area contributed by atoms with Gasteiger partial charge in [-0.1, -0.05) is 0 Å². The molecule has 0 unspecified atom stereocenters. The van der Waals surface area contributed by atoms with Crippen LogP contribution in [0.5, 0.6) is 0 Å². The Labute approximate surface area is 115 Å². The van der Waals surface area contributed by atoms with Crippen molar-refractivity contribution in [1.29, 1.82) is 0 Å². The first kappa shape index (κ1) is 14.8. The summed E-state index contributed by atoms with van der Waals surface area (Å²) in [5.74, 6) is -2.10. The number of nitrogens with one attached hydrogen (secondary N) is 3. The maximum absolute atomic E-state index is 12.3. The molecule has 2 rings (SSSR count).